The van der Waals surface area contributed by atoms with Crippen LogP contribution in [0.15, 0.2) is 0 Å². The van der Waals surface area contributed by atoms with Gasteiger partial charge in [-0.2, -0.15) is 8.42 Å². The Morgan fingerprint density at radius 3 is 1.55 bits per heavy atom. The molecule has 0 bridgehead atoms. The van der Waals surface area contributed by atoms with Gasteiger partial charge < -0.3 is 4.55 Å². The van der Waals surface area contributed by atoms with E-state index in [1.165, 1.54) is 0 Å². The molecule has 0 aromatic carbocycles. The van der Waals surface area contributed by atoms with Crippen molar-refractivity contribution in [3.8, 4) is 0 Å². The smallest absolute Gasteiger partial charge is 0.747 e. The van der Waals surface area contributed by atoms with Crippen molar-refractivity contribution >= 4 is 20.2 Å². The fraction of sp³-hybridized carbons (Fsp3) is 1.00. The summed E-state index contributed by atoms with van der Waals surface area (Å²) in [6.45, 7) is 0.595. The van der Waals surface area contributed by atoms with Gasteiger partial charge in [0.25, 0.3) is 10.1 Å². The van der Waals surface area contributed by atoms with Gasteiger partial charge in [-0.15, -0.1) is 0 Å². The Balaban J connectivity index is 0. The van der Waals surface area contributed by atoms with Crippen LogP contribution in [-0.4, -0.2) is 30.5 Å². The van der Waals surface area contributed by atoms with Gasteiger partial charge in [0.2, 0.25) is 0 Å². The van der Waals surface area contributed by atoms with Crippen molar-refractivity contribution in [1.29, 1.82) is 0 Å². The van der Waals surface area contributed by atoms with Gasteiger partial charge >= 0.3 is 29.6 Å². The largest absolute Gasteiger partial charge is 1.00 e. The summed E-state index contributed by atoms with van der Waals surface area (Å²) in [4.78, 5) is 0. The number of hydrogen-bond donors (Lipinski definition) is 1. The Labute approximate surface area is 86.8 Å². The monoisotopic (exact) mass is 212 g/mol. The SMILES string of the molecule is CC(S(=O)(=O)[O-])S(=O)(=O)O.[Na+]. The predicted octanol–water partition coefficient (Wildman–Crippen LogP) is -4.23. The first-order valence-corrected chi connectivity index (χ1v) is 5.04. The van der Waals surface area contributed by atoms with Crippen LogP contribution in [-0.2, 0) is 20.2 Å². The first-order chi connectivity index (χ1) is 4.15. The summed E-state index contributed by atoms with van der Waals surface area (Å²) in [6.07, 6.45) is 0. The molecule has 0 aliphatic heterocycles. The minimum Gasteiger partial charge on any atom is -0.747 e. The van der Waals surface area contributed by atoms with Crippen molar-refractivity contribution in [1.82, 2.24) is 0 Å². The summed E-state index contributed by atoms with van der Waals surface area (Å²) >= 11 is 0. The summed E-state index contributed by atoms with van der Waals surface area (Å²) in [6, 6.07) is 0. The first-order valence-electron chi connectivity index (χ1n) is 2.06. The molecule has 0 aliphatic rings. The Morgan fingerprint density at radius 1 is 1.27 bits per heavy atom. The van der Waals surface area contributed by atoms with Crippen LogP contribution in [0.25, 0.3) is 0 Å². The number of rotatable bonds is 2. The zero-order valence-electron chi connectivity index (χ0n) is 5.88. The summed E-state index contributed by atoms with van der Waals surface area (Å²) in [5, 5.41) is 0. The van der Waals surface area contributed by atoms with Gasteiger partial charge in [-0.3, -0.25) is 4.55 Å². The number of hydrogen-bond acceptors (Lipinski definition) is 5. The molecule has 0 saturated heterocycles. The molecular weight excluding hydrogens is 207 g/mol. The molecule has 0 heterocycles. The third-order valence-electron chi connectivity index (χ3n) is 0.826. The molecule has 9 heteroatoms. The van der Waals surface area contributed by atoms with Crippen molar-refractivity contribution in [2.24, 2.45) is 0 Å². The zero-order chi connectivity index (χ0) is 8.58. The Morgan fingerprint density at radius 2 is 1.55 bits per heavy atom. The molecule has 0 radical (unpaired) electrons. The average Bonchev–Trinajstić information content (AvgIpc) is 1.59. The predicted molar refractivity (Wildman–Crippen MR) is 30.7 cm³/mol. The molecule has 0 fully saturated rings. The zero-order valence-corrected chi connectivity index (χ0v) is 9.52. The van der Waals surface area contributed by atoms with E-state index in [4.69, 9.17) is 4.55 Å². The molecule has 0 rings (SSSR count). The van der Waals surface area contributed by atoms with Gasteiger partial charge in [0.1, 0.15) is 10.1 Å². The molecular formula is C2H5NaO6S2. The van der Waals surface area contributed by atoms with Crippen molar-refractivity contribution in [3.63, 3.8) is 0 Å². The van der Waals surface area contributed by atoms with E-state index in [1.54, 1.807) is 0 Å². The topological polar surface area (TPSA) is 112 Å². The Hall–Kier alpha value is 0.820. The van der Waals surface area contributed by atoms with E-state index in [9.17, 15) is 21.4 Å². The molecule has 0 aliphatic carbocycles. The molecule has 11 heavy (non-hydrogen) atoms. The van der Waals surface area contributed by atoms with E-state index < -0.39 is 24.8 Å². The van der Waals surface area contributed by atoms with E-state index >= 15 is 0 Å². The molecule has 6 nitrogen and oxygen atoms in total. The summed E-state index contributed by atoms with van der Waals surface area (Å²) in [7, 11) is -9.71. The fourth-order valence-corrected chi connectivity index (χ4v) is 1.34. The Bertz CT molecular complexity index is 267. The normalized spacial score (nSPS) is 15.2. The molecule has 0 aromatic heterocycles. The van der Waals surface area contributed by atoms with Gasteiger partial charge in [0.15, 0.2) is 4.58 Å². The quantitative estimate of drug-likeness (QED) is 0.366. The Kier molecular flexibility index (Phi) is 5.44. The van der Waals surface area contributed by atoms with Gasteiger partial charge in [-0.05, 0) is 6.92 Å². The van der Waals surface area contributed by atoms with Crippen LogP contribution >= 0.6 is 0 Å². The van der Waals surface area contributed by atoms with Crippen LogP contribution in [0.4, 0.5) is 0 Å². The van der Waals surface area contributed by atoms with Crippen LogP contribution in [0.1, 0.15) is 6.92 Å². The fourth-order valence-electron chi connectivity index (χ4n) is 0.149. The van der Waals surface area contributed by atoms with Gasteiger partial charge in [0.05, 0.1) is 0 Å². The second-order valence-corrected chi connectivity index (χ2v) is 5.30. The average molecular weight is 212 g/mol. The van der Waals surface area contributed by atoms with Crippen molar-refractivity contribution < 1.29 is 55.5 Å². The van der Waals surface area contributed by atoms with E-state index in [0.29, 0.717) is 6.92 Å². The molecule has 0 spiro atoms. The van der Waals surface area contributed by atoms with Crippen molar-refractivity contribution in [2.45, 2.75) is 11.5 Å². The van der Waals surface area contributed by atoms with E-state index in [1.807, 2.05) is 0 Å². The molecule has 62 valence electrons. The van der Waals surface area contributed by atoms with E-state index in [-0.39, 0.29) is 29.6 Å². The van der Waals surface area contributed by atoms with Crippen LogP contribution < -0.4 is 29.6 Å². The maximum absolute atomic E-state index is 9.95. The van der Waals surface area contributed by atoms with Crippen molar-refractivity contribution in [2.75, 3.05) is 0 Å². The van der Waals surface area contributed by atoms with Gasteiger partial charge in [0, 0.05) is 0 Å². The molecule has 1 atom stereocenters. The second kappa shape index (κ2) is 4.17. The summed E-state index contributed by atoms with van der Waals surface area (Å²) in [5.41, 5.74) is 0. The van der Waals surface area contributed by atoms with Crippen LogP contribution in [0.2, 0.25) is 0 Å². The standard InChI is InChI=1S/C2H6O6S2.Na/c1-2(9(3,4)5)10(6,7)8;/h2H,1H3,(H,3,4,5)(H,6,7,8);/q;+1/p-1. The molecule has 0 amide bonds. The third-order valence-corrected chi connectivity index (χ3v) is 3.91. The molecule has 1 unspecified atom stereocenters. The maximum Gasteiger partial charge on any atom is 1.00 e. The van der Waals surface area contributed by atoms with Gasteiger partial charge in [-0.25, -0.2) is 8.42 Å². The molecule has 1 N–H and O–H groups in total. The van der Waals surface area contributed by atoms with Crippen LogP contribution in [0.3, 0.4) is 0 Å². The molecule has 0 aromatic rings. The summed E-state index contributed by atoms with van der Waals surface area (Å²) < 4.78 is 55.3. The summed E-state index contributed by atoms with van der Waals surface area (Å²) in [5.74, 6) is 0. The van der Waals surface area contributed by atoms with E-state index in [0.717, 1.165) is 0 Å². The minimum absolute atomic E-state index is 0. The first kappa shape index (κ1) is 14.3. The van der Waals surface area contributed by atoms with E-state index in [2.05, 4.69) is 0 Å². The van der Waals surface area contributed by atoms with Crippen molar-refractivity contribution in [3.05, 3.63) is 0 Å². The second-order valence-electron chi connectivity index (χ2n) is 1.58. The third kappa shape index (κ3) is 5.12. The van der Waals surface area contributed by atoms with Crippen LogP contribution in [0.5, 0.6) is 0 Å². The van der Waals surface area contributed by atoms with Crippen LogP contribution in [0, 0.1) is 0 Å². The van der Waals surface area contributed by atoms with Gasteiger partial charge in [-0.1, -0.05) is 0 Å². The molecule has 0 saturated carbocycles. The maximum atomic E-state index is 9.95. The minimum atomic E-state index is -4.95.